The van der Waals surface area contributed by atoms with Crippen LogP contribution in [0.1, 0.15) is 34.3 Å². The average molecular weight is 491 g/mol. The molecule has 7 nitrogen and oxygen atoms in total. The number of aromatic nitrogens is 1. The first-order chi connectivity index (χ1) is 16.9. The minimum absolute atomic E-state index is 0.0440. The van der Waals surface area contributed by atoms with Gasteiger partial charge in [0.15, 0.2) is 5.78 Å². The van der Waals surface area contributed by atoms with E-state index in [1.54, 1.807) is 48.7 Å². The number of anilines is 2. The summed E-state index contributed by atoms with van der Waals surface area (Å²) in [5.74, 6) is -0.0411. The molecule has 8 heteroatoms. The van der Waals surface area contributed by atoms with Gasteiger partial charge in [0, 0.05) is 28.3 Å². The molecule has 0 aliphatic carbocycles. The van der Waals surface area contributed by atoms with Crippen molar-refractivity contribution in [3.63, 3.8) is 0 Å². The van der Waals surface area contributed by atoms with Gasteiger partial charge in [0.2, 0.25) is 11.8 Å². The molecular formula is C27H27ClN4O3. The zero-order chi connectivity index (χ0) is 24.8. The maximum atomic E-state index is 13.0. The predicted molar refractivity (Wildman–Crippen MR) is 137 cm³/mol. The molecule has 2 amide bonds. The molecule has 35 heavy (non-hydrogen) atoms. The Morgan fingerprint density at radius 1 is 1.00 bits per heavy atom. The van der Waals surface area contributed by atoms with Crippen LogP contribution in [0.15, 0.2) is 66.9 Å². The van der Waals surface area contributed by atoms with Gasteiger partial charge in [-0.1, -0.05) is 41.9 Å². The molecule has 1 aromatic heterocycles. The van der Waals surface area contributed by atoms with Crippen molar-refractivity contribution in [3.8, 4) is 0 Å². The molecule has 3 aromatic rings. The summed E-state index contributed by atoms with van der Waals surface area (Å²) in [6, 6.07) is 17.4. The van der Waals surface area contributed by atoms with E-state index in [-0.39, 0.29) is 30.1 Å². The van der Waals surface area contributed by atoms with E-state index in [9.17, 15) is 14.4 Å². The minimum atomic E-state index is -0.221. The Labute approximate surface area is 209 Å². The van der Waals surface area contributed by atoms with Gasteiger partial charge in [-0.25, -0.2) is 4.98 Å². The number of pyridine rings is 1. The first-order valence-corrected chi connectivity index (χ1v) is 11.9. The van der Waals surface area contributed by atoms with E-state index >= 15 is 0 Å². The quantitative estimate of drug-likeness (QED) is 0.473. The SMILES string of the molecule is Cc1ccnc(NC(=O)C2CCN(CC(=O)Nc3ccc(Cl)cc3C(=O)c3ccccc3)CC2)c1. The topological polar surface area (TPSA) is 91.4 Å². The zero-order valence-electron chi connectivity index (χ0n) is 19.5. The molecule has 1 aliphatic rings. The fourth-order valence-electron chi connectivity index (χ4n) is 4.14. The number of likely N-dealkylation sites (tertiary alicyclic amines) is 1. The molecule has 2 N–H and O–H groups in total. The van der Waals surface area contributed by atoms with Gasteiger partial charge in [-0.05, 0) is 68.8 Å². The second-order valence-electron chi connectivity index (χ2n) is 8.69. The third-order valence-corrected chi connectivity index (χ3v) is 6.26. The third-order valence-electron chi connectivity index (χ3n) is 6.03. The summed E-state index contributed by atoms with van der Waals surface area (Å²) in [5.41, 5.74) is 2.32. The number of ketones is 1. The monoisotopic (exact) mass is 490 g/mol. The van der Waals surface area contributed by atoms with Crippen molar-refractivity contribution in [2.24, 2.45) is 5.92 Å². The molecule has 180 valence electrons. The van der Waals surface area contributed by atoms with E-state index in [1.807, 2.05) is 30.0 Å². The van der Waals surface area contributed by atoms with Crippen LogP contribution in [-0.2, 0) is 9.59 Å². The number of nitrogens with one attached hydrogen (secondary N) is 2. The van der Waals surface area contributed by atoms with Gasteiger partial charge in [-0.2, -0.15) is 0 Å². The summed E-state index contributed by atoms with van der Waals surface area (Å²) in [6.07, 6.45) is 2.99. The summed E-state index contributed by atoms with van der Waals surface area (Å²) < 4.78 is 0. The number of carbonyl (C=O) groups excluding carboxylic acids is 3. The molecule has 2 aromatic carbocycles. The lowest BCUT2D eigenvalue weighted by Gasteiger charge is -2.30. The lowest BCUT2D eigenvalue weighted by atomic mass is 9.96. The van der Waals surface area contributed by atoms with Gasteiger partial charge in [-0.15, -0.1) is 0 Å². The Hall–Kier alpha value is -3.55. The van der Waals surface area contributed by atoms with E-state index in [2.05, 4.69) is 15.6 Å². The van der Waals surface area contributed by atoms with Gasteiger partial charge < -0.3 is 10.6 Å². The Bertz CT molecular complexity index is 1220. The van der Waals surface area contributed by atoms with Crippen molar-refractivity contribution in [3.05, 3.63) is 88.6 Å². The van der Waals surface area contributed by atoms with E-state index in [1.165, 1.54) is 0 Å². The molecule has 4 rings (SSSR count). The average Bonchev–Trinajstić information content (AvgIpc) is 2.85. The molecular weight excluding hydrogens is 464 g/mol. The summed E-state index contributed by atoms with van der Waals surface area (Å²) in [7, 11) is 0. The molecule has 0 saturated carbocycles. The molecule has 0 spiro atoms. The lowest BCUT2D eigenvalue weighted by Crippen LogP contribution is -2.42. The largest absolute Gasteiger partial charge is 0.324 e. The van der Waals surface area contributed by atoms with Crippen LogP contribution in [0.5, 0.6) is 0 Å². The molecule has 0 bridgehead atoms. The van der Waals surface area contributed by atoms with Crippen LogP contribution in [0, 0.1) is 12.8 Å². The maximum absolute atomic E-state index is 13.0. The smallest absolute Gasteiger partial charge is 0.238 e. The van der Waals surface area contributed by atoms with Gasteiger partial charge in [0.05, 0.1) is 12.2 Å². The summed E-state index contributed by atoms with van der Waals surface area (Å²) in [4.78, 5) is 44.6. The highest BCUT2D eigenvalue weighted by molar-refractivity contribution is 6.31. The number of benzene rings is 2. The molecule has 2 heterocycles. The Kier molecular flexibility index (Phi) is 7.90. The van der Waals surface area contributed by atoms with Crippen molar-refractivity contribution < 1.29 is 14.4 Å². The lowest BCUT2D eigenvalue weighted by molar-refractivity contribution is -0.121. The van der Waals surface area contributed by atoms with Crippen LogP contribution >= 0.6 is 11.6 Å². The number of nitrogens with zero attached hydrogens (tertiary/aromatic N) is 2. The van der Waals surface area contributed by atoms with Gasteiger partial charge in [0.1, 0.15) is 5.82 Å². The molecule has 1 fully saturated rings. The number of aryl methyl sites for hydroxylation is 1. The number of amides is 2. The van der Waals surface area contributed by atoms with Crippen molar-refractivity contribution >= 4 is 40.7 Å². The Morgan fingerprint density at radius 3 is 2.46 bits per heavy atom. The van der Waals surface area contributed by atoms with Gasteiger partial charge in [-0.3, -0.25) is 19.3 Å². The van der Waals surface area contributed by atoms with Gasteiger partial charge >= 0.3 is 0 Å². The highest BCUT2D eigenvalue weighted by atomic mass is 35.5. The van der Waals surface area contributed by atoms with E-state index in [4.69, 9.17) is 11.6 Å². The van der Waals surface area contributed by atoms with E-state index < -0.39 is 0 Å². The first kappa shape index (κ1) is 24.6. The van der Waals surface area contributed by atoms with Crippen LogP contribution in [0.25, 0.3) is 0 Å². The number of hydrogen-bond donors (Lipinski definition) is 2. The van der Waals surface area contributed by atoms with Crippen molar-refractivity contribution in [1.29, 1.82) is 0 Å². The van der Waals surface area contributed by atoms with Crippen LogP contribution in [-0.4, -0.2) is 47.1 Å². The van der Waals surface area contributed by atoms with Crippen LogP contribution < -0.4 is 10.6 Å². The maximum Gasteiger partial charge on any atom is 0.238 e. The van der Waals surface area contributed by atoms with Crippen LogP contribution in [0.2, 0.25) is 5.02 Å². The first-order valence-electron chi connectivity index (χ1n) is 11.5. The van der Waals surface area contributed by atoms with Crippen molar-refractivity contribution in [2.45, 2.75) is 19.8 Å². The zero-order valence-corrected chi connectivity index (χ0v) is 20.2. The van der Waals surface area contributed by atoms with Gasteiger partial charge in [0.25, 0.3) is 0 Å². The standard InChI is InChI=1S/C27H27ClN4O3/c1-18-9-12-29-24(15-18)31-27(35)20-10-13-32(14-11-20)17-25(33)30-23-8-7-21(28)16-22(23)26(34)19-5-3-2-4-6-19/h2-9,12,15-16,20H,10-11,13-14,17H2,1H3,(H,30,33)(H,29,31,35). The van der Waals surface area contributed by atoms with Crippen molar-refractivity contribution in [2.75, 3.05) is 30.3 Å². The molecule has 1 aliphatic heterocycles. The highest BCUT2D eigenvalue weighted by Crippen LogP contribution is 2.24. The number of rotatable bonds is 7. The molecule has 1 saturated heterocycles. The summed E-state index contributed by atoms with van der Waals surface area (Å²) in [5, 5.41) is 6.16. The third kappa shape index (κ3) is 6.53. The fourth-order valence-corrected chi connectivity index (χ4v) is 4.31. The van der Waals surface area contributed by atoms with Crippen LogP contribution in [0.4, 0.5) is 11.5 Å². The molecule has 0 unspecified atom stereocenters. The normalized spacial score (nSPS) is 14.3. The second kappa shape index (κ2) is 11.3. The Morgan fingerprint density at radius 2 is 1.74 bits per heavy atom. The predicted octanol–water partition coefficient (Wildman–Crippen LogP) is 4.56. The van der Waals surface area contributed by atoms with Crippen molar-refractivity contribution in [1.82, 2.24) is 9.88 Å². The van der Waals surface area contributed by atoms with Crippen LogP contribution in [0.3, 0.4) is 0 Å². The Balaban J connectivity index is 1.32. The minimum Gasteiger partial charge on any atom is -0.324 e. The number of halogens is 1. The van der Waals surface area contributed by atoms with E-state index in [0.29, 0.717) is 53.6 Å². The summed E-state index contributed by atoms with van der Waals surface area (Å²) >= 11 is 6.13. The highest BCUT2D eigenvalue weighted by Gasteiger charge is 2.26. The molecule has 0 radical (unpaired) electrons. The van der Waals surface area contributed by atoms with E-state index in [0.717, 1.165) is 5.56 Å². The number of carbonyl (C=O) groups is 3. The molecule has 0 atom stereocenters. The number of piperidine rings is 1. The number of hydrogen-bond acceptors (Lipinski definition) is 5. The summed E-state index contributed by atoms with van der Waals surface area (Å²) in [6.45, 7) is 3.38. The second-order valence-corrected chi connectivity index (χ2v) is 9.13. The fraction of sp³-hybridized carbons (Fsp3) is 0.259.